The van der Waals surface area contributed by atoms with Crippen molar-refractivity contribution in [2.75, 3.05) is 0 Å². The van der Waals surface area contributed by atoms with E-state index >= 15 is 0 Å². The van der Waals surface area contributed by atoms with Gasteiger partial charge in [-0.1, -0.05) is 17.7 Å². The van der Waals surface area contributed by atoms with Gasteiger partial charge in [-0.05, 0) is 34.7 Å². The van der Waals surface area contributed by atoms with Crippen LogP contribution < -0.4 is 0 Å². The first-order valence-electron chi connectivity index (χ1n) is 3.20. The van der Waals surface area contributed by atoms with Gasteiger partial charge in [0.15, 0.2) is 0 Å². The minimum Gasteiger partial charge on any atom is -0.360 e. The van der Waals surface area contributed by atoms with Crippen molar-refractivity contribution in [1.29, 1.82) is 0 Å². The van der Waals surface area contributed by atoms with Gasteiger partial charge in [0.2, 0.25) is 0 Å². The topological polar surface area (TPSA) is 15.8 Å². The van der Waals surface area contributed by atoms with Crippen LogP contribution in [-0.2, 0) is 0 Å². The molecule has 1 nitrogen and oxygen atoms in total. The van der Waals surface area contributed by atoms with E-state index in [9.17, 15) is 0 Å². The summed E-state index contributed by atoms with van der Waals surface area (Å²) in [6, 6.07) is 5.86. The minimum atomic E-state index is 0.813. The molecule has 2 aromatic rings. The van der Waals surface area contributed by atoms with E-state index in [4.69, 9.17) is 11.6 Å². The number of benzene rings is 1. The number of aromatic amines is 1. The maximum absolute atomic E-state index is 5.98. The summed E-state index contributed by atoms with van der Waals surface area (Å²) >= 11 is 8.24. The second-order valence-corrected chi connectivity index (χ2v) is 3.87. The van der Waals surface area contributed by atoms with E-state index in [1.54, 1.807) is 0 Å². The average Bonchev–Trinajstić information content (AvgIpc) is 2.34. The summed E-state index contributed by atoms with van der Waals surface area (Å²) in [5, 5.41) is 1.93. The summed E-state index contributed by atoms with van der Waals surface area (Å²) in [7, 11) is 0. The number of halogens is 2. The van der Waals surface area contributed by atoms with Gasteiger partial charge >= 0.3 is 0 Å². The van der Waals surface area contributed by atoms with Crippen LogP contribution in [-0.4, -0.2) is 4.98 Å². The molecule has 56 valence electrons. The van der Waals surface area contributed by atoms with E-state index in [1.807, 2.05) is 24.4 Å². The summed E-state index contributed by atoms with van der Waals surface area (Å²) in [6.45, 7) is 0. The molecule has 0 amide bonds. The standard InChI is InChI=1S/C8H5ClIN/c9-5-2-1-3-7-8(5)6(10)4-11-7/h1-4,11H. The lowest BCUT2D eigenvalue weighted by molar-refractivity contribution is 1.47. The lowest BCUT2D eigenvalue weighted by Crippen LogP contribution is -1.69. The highest BCUT2D eigenvalue weighted by atomic mass is 127. The van der Waals surface area contributed by atoms with Crippen LogP contribution in [0.2, 0.25) is 5.02 Å². The molecule has 11 heavy (non-hydrogen) atoms. The highest BCUT2D eigenvalue weighted by molar-refractivity contribution is 14.1. The van der Waals surface area contributed by atoms with Crippen LogP contribution in [0.5, 0.6) is 0 Å². The van der Waals surface area contributed by atoms with E-state index in [1.165, 1.54) is 3.57 Å². The molecule has 1 aromatic heterocycles. The molecule has 2 rings (SSSR count). The Balaban J connectivity index is 2.96. The molecule has 0 unspecified atom stereocenters. The zero-order valence-corrected chi connectivity index (χ0v) is 8.48. The molecule has 0 atom stereocenters. The van der Waals surface area contributed by atoms with Gasteiger partial charge in [-0.3, -0.25) is 0 Å². The summed E-state index contributed by atoms with van der Waals surface area (Å²) in [5.74, 6) is 0. The van der Waals surface area contributed by atoms with Crippen LogP contribution in [0.15, 0.2) is 24.4 Å². The maximum Gasteiger partial charge on any atom is 0.0510 e. The molecule has 3 heteroatoms. The predicted molar refractivity (Wildman–Crippen MR) is 56.0 cm³/mol. The van der Waals surface area contributed by atoms with E-state index < -0.39 is 0 Å². The smallest absolute Gasteiger partial charge is 0.0510 e. The zero-order valence-electron chi connectivity index (χ0n) is 5.57. The molecule has 1 N–H and O–H groups in total. The van der Waals surface area contributed by atoms with Gasteiger partial charge in [-0.2, -0.15) is 0 Å². The molecule has 0 radical (unpaired) electrons. The van der Waals surface area contributed by atoms with Crippen molar-refractivity contribution in [1.82, 2.24) is 4.98 Å². The van der Waals surface area contributed by atoms with Crippen molar-refractivity contribution < 1.29 is 0 Å². The van der Waals surface area contributed by atoms with Gasteiger partial charge in [0, 0.05) is 20.7 Å². The summed E-state index contributed by atoms with van der Waals surface area (Å²) in [4.78, 5) is 3.14. The first-order valence-corrected chi connectivity index (χ1v) is 4.66. The Hall–Kier alpha value is -0.220. The number of hydrogen-bond acceptors (Lipinski definition) is 0. The van der Waals surface area contributed by atoms with Crippen molar-refractivity contribution in [3.63, 3.8) is 0 Å². The van der Waals surface area contributed by atoms with Gasteiger partial charge in [0.25, 0.3) is 0 Å². The van der Waals surface area contributed by atoms with Crippen molar-refractivity contribution in [2.24, 2.45) is 0 Å². The molecule has 0 bridgehead atoms. The molecular formula is C8H5ClIN. The normalized spacial score (nSPS) is 10.7. The van der Waals surface area contributed by atoms with Gasteiger partial charge in [0.05, 0.1) is 5.02 Å². The van der Waals surface area contributed by atoms with E-state index in [-0.39, 0.29) is 0 Å². The van der Waals surface area contributed by atoms with Crippen LogP contribution in [0.3, 0.4) is 0 Å². The molecule has 0 aliphatic carbocycles. The van der Waals surface area contributed by atoms with Gasteiger partial charge in [0.1, 0.15) is 0 Å². The van der Waals surface area contributed by atoms with E-state index in [2.05, 4.69) is 27.6 Å². The van der Waals surface area contributed by atoms with Crippen LogP contribution in [0.25, 0.3) is 10.9 Å². The average molecular weight is 277 g/mol. The largest absolute Gasteiger partial charge is 0.360 e. The molecule has 0 saturated carbocycles. The van der Waals surface area contributed by atoms with Crippen LogP contribution >= 0.6 is 34.2 Å². The van der Waals surface area contributed by atoms with Crippen LogP contribution in [0, 0.1) is 3.57 Å². The number of hydrogen-bond donors (Lipinski definition) is 1. The van der Waals surface area contributed by atoms with E-state index in [0.717, 1.165) is 15.9 Å². The first-order chi connectivity index (χ1) is 5.29. The Labute approximate surface area is 82.9 Å². The third kappa shape index (κ3) is 1.14. The molecule has 1 heterocycles. The summed E-state index contributed by atoms with van der Waals surface area (Å²) < 4.78 is 1.17. The molecule has 1 aromatic carbocycles. The fourth-order valence-electron chi connectivity index (χ4n) is 1.10. The summed E-state index contributed by atoms with van der Waals surface area (Å²) in [5.41, 5.74) is 1.10. The van der Waals surface area contributed by atoms with Gasteiger partial charge in [-0.25, -0.2) is 0 Å². The third-order valence-corrected chi connectivity index (χ3v) is 2.77. The lowest BCUT2D eigenvalue weighted by Gasteiger charge is -1.92. The number of aromatic nitrogens is 1. The Morgan fingerprint density at radius 3 is 2.91 bits per heavy atom. The second kappa shape index (κ2) is 2.68. The van der Waals surface area contributed by atoms with Gasteiger partial charge in [-0.15, -0.1) is 0 Å². The third-order valence-electron chi connectivity index (χ3n) is 1.61. The number of fused-ring (bicyclic) bond motifs is 1. The molecule has 0 fully saturated rings. The highest BCUT2D eigenvalue weighted by Gasteiger charge is 2.02. The first kappa shape index (κ1) is 7.43. The fraction of sp³-hybridized carbons (Fsp3) is 0. The Morgan fingerprint density at radius 2 is 2.18 bits per heavy atom. The van der Waals surface area contributed by atoms with Crippen molar-refractivity contribution in [3.8, 4) is 0 Å². The van der Waals surface area contributed by atoms with Crippen molar-refractivity contribution in [2.45, 2.75) is 0 Å². The SMILES string of the molecule is Clc1cccc2[nH]cc(I)c12. The number of rotatable bonds is 0. The molecule has 0 aliphatic heterocycles. The Bertz CT molecular complexity index is 394. The molecule has 0 saturated heterocycles. The van der Waals surface area contributed by atoms with Crippen LogP contribution in [0.4, 0.5) is 0 Å². The molecular weight excluding hydrogens is 272 g/mol. The molecule has 0 aliphatic rings. The summed E-state index contributed by atoms with van der Waals surface area (Å²) in [6.07, 6.45) is 1.96. The number of nitrogens with one attached hydrogen (secondary N) is 1. The lowest BCUT2D eigenvalue weighted by atomic mass is 10.2. The zero-order chi connectivity index (χ0) is 7.84. The van der Waals surface area contributed by atoms with E-state index in [0.29, 0.717) is 0 Å². The van der Waals surface area contributed by atoms with Crippen molar-refractivity contribution in [3.05, 3.63) is 33.0 Å². The highest BCUT2D eigenvalue weighted by Crippen LogP contribution is 2.26. The fourth-order valence-corrected chi connectivity index (χ4v) is 2.27. The van der Waals surface area contributed by atoms with Crippen LogP contribution in [0.1, 0.15) is 0 Å². The monoisotopic (exact) mass is 277 g/mol. The Kier molecular flexibility index (Phi) is 1.81. The maximum atomic E-state index is 5.98. The quantitative estimate of drug-likeness (QED) is 0.710. The van der Waals surface area contributed by atoms with Gasteiger partial charge < -0.3 is 4.98 Å². The molecule has 0 spiro atoms. The Morgan fingerprint density at radius 1 is 1.36 bits per heavy atom. The van der Waals surface area contributed by atoms with Crippen molar-refractivity contribution >= 4 is 45.1 Å². The second-order valence-electron chi connectivity index (χ2n) is 2.30. The minimum absolute atomic E-state index is 0.813. The predicted octanol–water partition coefficient (Wildman–Crippen LogP) is 3.43. The number of H-pyrrole nitrogens is 1.